The third kappa shape index (κ3) is 4.48. The van der Waals surface area contributed by atoms with E-state index in [2.05, 4.69) is 4.99 Å². The van der Waals surface area contributed by atoms with E-state index in [9.17, 15) is 23.3 Å². The van der Waals surface area contributed by atoms with Crippen LogP contribution in [0.2, 0.25) is 0 Å². The molecular formula is C22H24N4O5S2. The number of benzene rings is 2. The summed E-state index contributed by atoms with van der Waals surface area (Å²) >= 11 is 1.20. The number of non-ortho nitro benzene ring substituents is 1. The molecule has 2 aromatic carbocycles. The summed E-state index contributed by atoms with van der Waals surface area (Å²) in [6.07, 6.45) is 3.78. The van der Waals surface area contributed by atoms with Gasteiger partial charge < -0.3 is 4.57 Å². The number of sulfonamides is 1. The Kier molecular flexibility index (Phi) is 6.46. The minimum absolute atomic E-state index is 0.0135. The second-order valence-corrected chi connectivity index (χ2v) is 10.9. The summed E-state index contributed by atoms with van der Waals surface area (Å²) < 4.78 is 29.7. The summed E-state index contributed by atoms with van der Waals surface area (Å²) in [4.78, 5) is 28.2. The first-order chi connectivity index (χ1) is 15.7. The molecule has 11 heteroatoms. The second kappa shape index (κ2) is 9.16. The fraction of sp³-hybridized carbons (Fsp3) is 0.364. The molecule has 0 atom stereocenters. The van der Waals surface area contributed by atoms with Crippen molar-refractivity contribution in [3.8, 4) is 0 Å². The lowest BCUT2D eigenvalue weighted by atomic mass is 10.2. The number of aryl methyl sites for hydroxylation is 1. The predicted molar refractivity (Wildman–Crippen MR) is 126 cm³/mol. The molecule has 0 saturated heterocycles. The van der Waals surface area contributed by atoms with E-state index in [0.717, 1.165) is 31.2 Å². The molecular weight excluding hydrogens is 464 g/mol. The zero-order chi connectivity index (χ0) is 23.8. The molecule has 0 unspecified atom stereocenters. The van der Waals surface area contributed by atoms with E-state index in [1.165, 1.54) is 52.0 Å². The average molecular weight is 489 g/mol. The van der Waals surface area contributed by atoms with Crippen LogP contribution in [0.4, 0.5) is 5.69 Å². The van der Waals surface area contributed by atoms with E-state index in [1.54, 1.807) is 13.1 Å². The fourth-order valence-electron chi connectivity index (χ4n) is 4.12. The Hall–Kier alpha value is -2.89. The van der Waals surface area contributed by atoms with Crippen molar-refractivity contribution in [3.63, 3.8) is 0 Å². The Morgan fingerprint density at radius 3 is 2.48 bits per heavy atom. The fourth-order valence-corrected chi connectivity index (χ4v) is 6.66. The van der Waals surface area contributed by atoms with Gasteiger partial charge in [-0.05, 0) is 50.1 Å². The molecule has 4 rings (SSSR count). The maximum absolute atomic E-state index is 12.9. The molecule has 1 aliphatic carbocycles. The summed E-state index contributed by atoms with van der Waals surface area (Å²) in [7, 11) is -2.02. The van der Waals surface area contributed by atoms with Gasteiger partial charge in [0.15, 0.2) is 4.80 Å². The van der Waals surface area contributed by atoms with Crippen LogP contribution in [0.5, 0.6) is 0 Å². The van der Waals surface area contributed by atoms with Crippen LogP contribution >= 0.6 is 11.3 Å². The van der Waals surface area contributed by atoms with Crippen molar-refractivity contribution in [2.75, 3.05) is 7.05 Å². The molecule has 0 spiro atoms. The monoisotopic (exact) mass is 488 g/mol. The number of hydrogen-bond donors (Lipinski definition) is 0. The van der Waals surface area contributed by atoms with Crippen molar-refractivity contribution in [2.24, 2.45) is 4.99 Å². The number of nitrogens with zero attached hydrogens (tertiary/aromatic N) is 4. The van der Waals surface area contributed by atoms with Crippen LogP contribution in [-0.2, 0) is 16.6 Å². The molecule has 1 fully saturated rings. The maximum Gasteiger partial charge on any atom is 0.279 e. The third-order valence-corrected chi connectivity index (χ3v) is 8.97. The average Bonchev–Trinajstić information content (AvgIpc) is 3.45. The minimum Gasteiger partial charge on any atom is -0.317 e. The number of hydrogen-bond acceptors (Lipinski definition) is 6. The number of amides is 1. The van der Waals surface area contributed by atoms with Gasteiger partial charge in [-0.15, -0.1) is 0 Å². The number of rotatable bonds is 6. The Labute approximate surface area is 195 Å². The third-order valence-electron chi connectivity index (χ3n) is 6.01. The van der Waals surface area contributed by atoms with E-state index >= 15 is 0 Å². The van der Waals surface area contributed by atoms with E-state index in [4.69, 9.17) is 0 Å². The molecule has 174 valence electrons. The van der Waals surface area contributed by atoms with Crippen molar-refractivity contribution < 1.29 is 18.1 Å². The van der Waals surface area contributed by atoms with Crippen LogP contribution in [-0.4, -0.2) is 41.2 Å². The molecule has 3 aromatic rings. The highest BCUT2D eigenvalue weighted by atomic mass is 32.2. The number of nitro benzene ring substituents is 1. The lowest BCUT2D eigenvalue weighted by molar-refractivity contribution is -0.384. The standard InChI is InChI=1S/C22H24N4O5S2/c1-3-25-19-13-10-17(26(28)29)14-20(19)32-22(25)23-21(27)15-8-11-18(12-9-15)33(30,31)24(2)16-6-4-5-7-16/h8-14,16H,3-7H2,1-2H3. The van der Waals surface area contributed by atoms with Gasteiger partial charge in [-0.25, -0.2) is 8.42 Å². The lowest BCUT2D eigenvalue weighted by Gasteiger charge is -2.23. The summed E-state index contributed by atoms with van der Waals surface area (Å²) in [6, 6.07) is 10.4. The van der Waals surface area contributed by atoms with Crippen molar-refractivity contribution in [2.45, 2.75) is 50.1 Å². The van der Waals surface area contributed by atoms with Gasteiger partial charge in [0.05, 0.1) is 20.0 Å². The number of carbonyl (C=O) groups excluding carboxylic acids is 1. The molecule has 0 bridgehead atoms. The predicted octanol–water partition coefficient (Wildman–Crippen LogP) is 3.94. The highest BCUT2D eigenvalue weighted by Gasteiger charge is 2.30. The van der Waals surface area contributed by atoms with Gasteiger partial charge in [0.25, 0.3) is 11.6 Å². The normalized spacial score (nSPS) is 15.5. The van der Waals surface area contributed by atoms with Crippen molar-refractivity contribution in [1.29, 1.82) is 0 Å². The molecule has 1 amide bonds. The van der Waals surface area contributed by atoms with Gasteiger partial charge >= 0.3 is 0 Å². The van der Waals surface area contributed by atoms with Crippen LogP contribution < -0.4 is 4.80 Å². The van der Waals surface area contributed by atoms with E-state index in [0.29, 0.717) is 16.0 Å². The van der Waals surface area contributed by atoms with Gasteiger partial charge in [-0.2, -0.15) is 9.30 Å². The Bertz CT molecular complexity index is 1380. The smallest absolute Gasteiger partial charge is 0.279 e. The Balaban J connectivity index is 1.63. The molecule has 0 N–H and O–H groups in total. The number of carbonyl (C=O) groups is 1. The first kappa shape index (κ1) is 23.3. The van der Waals surface area contributed by atoms with Crippen LogP contribution in [0.1, 0.15) is 43.0 Å². The number of nitro groups is 1. The largest absolute Gasteiger partial charge is 0.317 e. The number of aromatic nitrogens is 1. The zero-order valence-electron chi connectivity index (χ0n) is 18.3. The molecule has 1 heterocycles. The van der Waals surface area contributed by atoms with Crippen molar-refractivity contribution >= 4 is 43.2 Å². The Morgan fingerprint density at radius 2 is 1.88 bits per heavy atom. The van der Waals surface area contributed by atoms with E-state index in [-0.39, 0.29) is 22.2 Å². The highest BCUT2D eigenvalue weighted by Crippen LogP contribution is 2.27. The summed E-state index contributed by atoms with van der Waals surface area (Å²) in [5, 5.41) is 11.1. The van der Waals surface area contributed by atoms with Crippen LogP contribution in [0.25, 0.3) is 10.2 Å². The van der Waals surface area contributed by atoms with Gasteiger partial charge in [0.1, 0.15) is 0 Å². The first-order valence-corrected chi connectivity index (χ1v) is 12.9. The first-order valence-electron chi connectivity index (χ1n) is 10.7. The number of thiazole rings is 1. The van der Waals surface area contributed by atoms with Gasteiger partial charge in [0.2, 0.25) is 10.0 Å². The molecule has 1 aliphatic rings. The summed E-state index contributed by atoms with van der Waals surface area (Å²) in [5.41, 5.74) is 1.00. The molecule has 33 heavy (non-hydrogen) atoms. The summed E-state index contributed by atoms with van der Waals surface area (Å²) in [6.45, 7) is 2.44. The maximum atomic E-state index is 12.9. The van der Waals surface area contributed by atoms with E-state index in [1.807, 2.05) is 11.5 Å². The van der Waals surface area contributed by atoms with Crippen molar-refractivity contribution in [1.82, 2.24) is 8.87 Å². The Morgan fingerprint density at radius 1 is 1.21 bits per heavy atom. The molecule has 0 radical (unpaired) electrons. The van der Waals surface area contributed by atoms with Gasteiger partial charge in [-0.3, -0.25) is 14.9 Å². The second-order valence-electron chi connectivity index (χ2n) is 7.94. The zero-order valence-corrected chi connectivity index (χ0v) is 19.9. The van der Waals surface area contributed by atoms with Crippen LogP contribution in [0.15, 0.2) is 52.4 Å². The minimum atomic E-state index is -3.63. The lowest BCUT2D eigenvalue weighted by Crippen LogP contribution is -2.35. The van der Waals surface area contributed by atoms with Crippen LogP contribution in [0, 0.1) is 10.1 Å². The topological polar surface area (TPSA) is 115 Å². The SMILES string of the molecule is CCn1c(=NC(=O)c2ccc(S(=O)(=O)N(C)C3CCCC3)cc2)sc2cc([N+](=O)[O-])ccc21. The molecule has 1 saturated carbocycles. The summed E-state index contributed by atoms with van der Waals surface area (Å²) in [5.74, 6) is -0.508. The van der Waals surface area contributed by atoms with Gasteiger partial charge in [-0.1, -0.05) is 24.2 Å². The van der Waals surface area contributed by atoms with Crippen molar-refractivity contribution in [3.05, 3.63) is 62.9 Å². The van der Waals surface area contributed by atoms with E-state index < -0.39 is 20.9 Å². The van der Waals surface area contributed by atoms with Crippen LogP contribution in [0.3, 0.4) is 0 Å². The number of fused-ring (bicyclic) bond motifs is 1. The molecule has 0 aliphatic heterocycles. The molecule has 1 aromatic heterocycles. The van der Waals surface area contributed by atoms with Gasteiger partial charge in [0, 0.05) is 37.3 Å². The highest BCUT2D eigenvalue weighted by molar-refractivity contribution is 7.89. The quantitative estimate of drug-likeness (QED) is 0.385. The molecule has 9 nitrogen and oxygen atoms in total.